The molecule has 2 heterocycles. The molecule has 0 unspecified atom stereocenters. The number of hydrogen-bond donors (Lipinski definition) is 0. The minimum atomic E-state index is 0.998. The first kappa shape index (κ1) is 34.1. The van der Waals surface area contributed by atoms with E-state index in [4.69, 9.17) is 4.98 Å². The second kappa shape index (κ2) is 13.8. The van der Waals surface area contributed by atoms with Crippen LogP contribution >= 0.6 is 11.3 Å². The first-order valence-electron chi connectivity index (χ1n) is 19.9. The van der Waals surface area contributed by atoms with Crippen molar-refractivity contribution in [1.82, 2.24) is 4.98 Å². The van der Waals surface area contributed by atoms with Gasteiger partial charge in [0.1, 0.15) is 0 Å². The van der Waals surface area contributed by atoms with Crippen molar-refractivity contribution in [3.63, 3.8) is 0 Å². The molecule has 0 bridgehead atoms. The second-order valence-corrected chi connectivity index (χ2v) is 16.0. The molecule has 0 aliphatic heterocycles. The predicted molar refractivity (Wildman–Crippen MR) is 253 cm³/mol. The molecule has 2 aromatic heterocycles. The average Bonchev–Trinajstić information content (AvgIpc) is 3.66. The molecule has 0 saturated carbocycles. The molecular formula is C56H37NS. The number of pyridine rings is 1. The van der Waals surface area contributed by atoms with E-state index in [2.05, 4.69) is 189 Å². The summed E-state index contributed by atoms with van der Waals surface area (Å²) in [6.45, 7) is 6.56. The highest BCUT2D eigenvalue weighted by atomic mass is 32.1. The lowest BCUT2D eigenvalue weighted by Gasteiger charge is -2.20. The fourth-order valence-corrected chi connectivity index (χ4v) is 10.5. The zero-order valence-corrected chi connectivity index (χ0v) is 32.9. The van der Waals surface area contributed by atoms with Gasteiger partial charge >= 0.3 is 0 Å². The Morgan fingerprint density at radius 3 is 1.53 bits per heavy atom. The maximum atomic E-state index is 4.73. The summed E-state index contributed by atoms with van der Waals surface area (Å²) in [5.41, 5.74) is 12.1. The summed E-state index contributed by atoms with van der Waals surface area (Å²) in [6.07, 6.45) is 6.24. The zero-order chi connectivity index (χ0) is 38.7. The molecule has 0 saturated heterocycles. The number of allylic oxidation sites excluding steroid dienone is 1. The molecule has 0 aliphatic carbocycles. The summed E-state index contributed by atoms with van der Waals surface area (Å²) in [5, 5.41) is 12.3. The highest BCUT2D eigenvalue weighted by molar-refractivity contribution is 7.20. The summed E-state index contributed by atoms with van der Waals surface area (Å²) in [7, 11) is 0. The molecule has 2 heteroatoms. The van der Waals surface area contributed by atoms with Crippen molar-refractivity contribution in [2.24, 2.45) is 0 Å². The van der Waals surface area contributed by atoms with Crippen molar-refractivity contribution in [1.29, 1.82) is 0 Å². The molecule has 0 atom stereocenters. The highest BCUT2D eigenvalue weighted by Gasteiger charge is 2.24. The summed E-state index contributed by atoms with van der Waals surface area (Å²) in [6, 6.07) is 64.4. The van der Waals surface area contributed by atoms with Crippen LogP contribution in [-0.4, -0.2) is 4.98 Å². The highest BCUT2D eigenvalue weighted by Crippen LogP contribution is 2.49. The van der Waals surface area contributed by atoms with Gasteiger partial charge in [-0.15, -0.1) is 11.3 Å². The van der Waals surface area contributed by atoms with E-state index in [0.717, 1.165) is 10.9 Å². The number of thiophene rings is 1. The van der Waals surface area contributed by atoms with Crippen LogP contribution in [0.2, 0.25) is 0 Å². The average molecular weight is 756 g/mol. The lowest BCUT2D eigenvalue weighted by atomic mass is 9.83. The predicted octanol–water partition coefficient (Wildman–Crippen LogP) is 16.2. The summed E-state index contributed by atoms with van der Waals surface area (Å²) < 4.78 is 1.25. The Morgan fingerprint density at radius 2 is 0.966 bits per heavy atom. The maximum absolute atomic E-state index is 4.73. The van der Waals surface area contributed by atoms with Crippen molar-refractivity contribution in [2.75, 3.05) is 0 Å². The fourth-order valence-electron chi connectivity index (χ4n) is 9.41. The molecule has 9 aromatic carbocycles. The van der Waals surface area contributed by atoms with Gasteiger partial charge in [0.25, 0.3) is 0 Å². The van der Waals surface area contributed by atoms with E-state index in [0.29, 0.717) is 0 Å². The van der Waals surface area contributed by atoms with Crippen LogP contribution in [-0.2, 0) is 0 Å². The fraction of sp³-hybridized carbons (Fsp3) is 0.0179. The largest absolute Gasteiger partial charge is 0.256 e. The van der Waals surface area contributed by atoms with Crippen molar-refractivity contribution in [3.8, 4) is 33.4 Å². The van der Waals surface area contributed by atoms with Crippen LogP contribution < -0.4 is 0 Å². The summed E-state index contributed by atoms with van der Waals surface area (Å²) in [5.74, 6) is 0. The van der Waals surface area contributed by atoms with Crippen LogP contribution in [0.3, 0.4) is 0 Å². The Labute approximate surface area is 341 Å². The van der Waals surface area contributed by atoms with Gasteiger partial charge in [0.15, 0.2) is 0 Å². The molecular weight excluding hydrogens is 719 g/mol. The molecule has 11 aromatic rings. The van der Waals surface area contributed by atoms with Crippen molar-refractivity contribution < 1.29 is 0 Å². The first-order chi connectivity index (χ1) is 28.7. The van der Waals surface area contributed by atoms with Crippen LogP contribution in [0, 0.1) is 0 Å². The van der Waals surface area contributed by atoms with Crippen LogP contribution in [0.4, 0.5) is 0 Å². The van der Waals surface area contributed by atoms with Crippen molar-refractivity contribution >= 4 is 87.1 Å². The van der Waals surface area contributed by atoms with Crippen LogP contribution in [0.15, 0.2) is 195 Å². The quantitative estimate of drug-likeness (QED) is 0.154. The minimum Gasteiger partial charge on any atom is -0.256 e. The standard InChI is InChI=1S/C56H37NS/c1-3-39(55-46-26-14-12-24-44(46)54(45-25-13-15-27-47(45)55)38-29-28-35-19-16-32-57-49(35)34-38)56-48-33-37(30-31-51(48)58-50(56)4-2)53-42-22-10-8-20-40(42)52(36-17-6-5-7-18-36)41-21-9-11-23-43(41)53/h3-34H,2H2,1H3/b39-3-. The molecule has 0 N–H and O–H groups in total. The molecule has 1 nitrogen and oxygen atoms in total. The SMILES string of the molecule is C=Cc1sc2ccc(-c3c4ccccc4c(-c4ccccc4)c4ccccc34)cc2c1/C(=C\C)c1c2ccccc2c(-c2ccc3cccnc3c2)c2ccccc12. The molecule has 0 spiro atoms. The van der Waals surface area contributed by atoms with Gasteiger partial charge in [0.2, 0.25) is 0 Å². The molecule has 0 aliphatic rings. The Balaban J connectivity index is 1.18. The topological polar surface area (TPSA) is 12.9 Å². The number of hydrogen-bond acceptors (Lipinski definition) is 2. The minimum absolute atomic E-state index is 0.998. The Kier molecular flexibility index (Phi) is 8.13. The van der Waals surface area contributed by atoms with Crippen LogP contribution in [0.5, 0.6) is 0 Å². The van der Waals surface area contributed by atoms with Gasteiger partial charge in [-0.1, -0.05) is 170 Å². The summed E-state index contributed by atoms with van der Waals surface area (Å²) in [4.78, 5) is 5.90. The van der Waals surface area contributed by atoms with Crippen LogP contribution in [0.1, 0.15) is 22.9 Å². The van der Waals surface area contributed by atoms with Gasteiger partial charge in [0, 0.05) is 32.1 Å². The van der Waals surface area contributed by atoms with E-state index >= 15 is 0 Å². The number of fused-ring (bicyclic) bond motifs is 6. The van der Waals surface area contributed by atoms with Gasteiger partial charge in [0.05, 0.1) is 5.52 Å². The van der Waals surface area contributed by atoms with E-state index < -0.39 is 0 Å². The van der Waals surface area contributed by atoms with E-state index in [-0.39, 0.29) is 0 Å². The normalized spacial score (nSPS) is 12.1. The Bertz CT molecular complexity index is 3360. The number of rotatable bonds is 6. The van der Waals surface area contributed by atoms with Crippen molar-refractivity contribution in [2.45, 2.75) is 6.92 Å². The summed E-state index contributed by atoms with van der Waals surface area (Å²) >= 11 is 1.82. The molecule has 0 radical (unpaired) electrons. The Hall–Kier alpha value is -7.13. The monoisotopic (exact) mass is 755 g/mol. The second-order valence-electron chi connectivity index (χ2n) is 14.9. The third-order valence-corrected chi connectivity index (χ3v) is 13.0. The van der Waals surface area contributed by atoms with Gasteiger partial charge in [-0.05, 0) is 119 Å². The number of aromatic nitrogens is 1. The van der Waals surface area contributed by atoms with Gasteiger partial charge < -0.3 is 0 Å². The maximum Gasteiger partial charge on any atom is 0.0708 e. The van der Waals surface area contributed by atoms with E-state index in [1.54, 1.807) is 0 Å². The third kappa shape index (κ3) is 5.26. The smallest absolute Gasteiger partial charge is 0.0708 e. The van der Waals surface area contributed by atoms with E-state index in [9.17, 15) is 0 Å². The number of nitrogens with zero attached hydrogens (tertiary/aromatic N) is 1. The number of benzene rings is 9. The molecule has 272 valence electrons. The molecule has 0 amide bonds. The van der Waals surface area contributed by atoms with Gasteiger partial charge in [-0.3, -0.25) is 4.98 Å². The molecule has 58 heavy (non-hydrogen) atoms. The molecule has 11 rings (SSSR count). The lowest BCUT2D eigenvalue weighted by Crippen LogP contribution is -1.96. The van der Waals surface area contributed by atoms with Crippen LogP contribution in [0.25, 0.3) is 109 Å². The van der Waals surface area contributed by atoms with Gasteiger partial charge in [-0.25, -0.2) is 0 Å². The van der Waals surface area contributed by atoms with Crippen molar-refractivity contribution in [3.05, 3.63) is 211 Å². The van der Waals surface area contributed by atoms with E-state index in [1.165, 1.54) is 108 Å². The molecule has 0 fully saturated rings. The third-order valence-electron chi connectivity index (χ3n) is 11.8. The van der Waals surface area contributed by atoms with E-state index in [1.807, 2.05) is 29.7 Å². The lowest BCUT2D eigenvalue weighted by molar-refractivity contribution is 1.41. The van der Waals surface area contributed by atoms with Gasteiger partial charge in [-0.2, -0.15) is 0 Å². The Morgan fingerprint density at radius 1 is 0.466 bits per heavy atom. The first-order valence-corrected chi connectivity index (χ1v) is 20.7. The zero-order valence-electron chi connectivity index (χ0n) is 32.0.